The lowest BCUT2D eigenvalue weighted by Crippen LogP contribution is -2.42. The van der Waals surface area contributed by atoms with Crippen LogP contribution in [0.25, 0.3) is 0 Å². The fourth-order valence-electron chi connectivity index (χ4n) is 3.48. The molecular formula is C20H26N4OS2. The quantitative estimate of drug-likeness (QED) is 0.708. The maximum Gasteiger partial charge on any atom is 0.235 e. The minimum atomic E-state index is -0.114. The SMILES string of the molecule is CC(Sc1nnc(NC2CC2)s1)C(=O)N1CCC(Cc2ccccc2)CC1. The molecule has 1 saturated carbocycles. The number of anilines is 1. The third-order valence-electron chi connectivity index (χ3n) is 5.23. The highest BCUT2D eigenvalue weighted by atomic mass is 32.2. The van der Waals surface area contributed by atoms with Crippen LogP contribution in [0.15, 0.2) is 34.7 Å². The van der Waals surface area contributed by atoms with E-state index in [0.717, 1.165) is 41.8 Å². The van der Waals surface area contributed by atoms with Gasteiger partial charge in [-0.1, -0.05) is 53.4 Å². The molecule has 2 aromatic rings. The standard InChI is InChI=1S/C20H26N4OS2/c1-14(26-20-23-22-19(27-20)21-17-7-8-17)18(25)24-11-9-16(10-12-24)13-15-5-3-2-4-6-15/h2-6,14,16-17H,7-13H2,1H3,(H,21,22). The van der Waals surface area contributed by atoms with Gasteiger partial charge in [0.05, 0.1) is 5.25 Å². The van der Waals surface area contributed by atoms with Crippen LogP contribution in [0.5, 0.6) is 0 Å². The first-order valence-electron chi connectivity index (χ1n) is 9.77. The van der Waals surface area contributed by atoms with Crippen molar-refractivity contribution in [2.24, 2.45) is 5.92 Å². The molecule has 0 spiro atoms. The van der Waals surface area contributed by atoms with Gasteiger partial charge in [-0.15, -0.1) is 10.2 Å². The number of nitrogens with zero attached hydrogens (tertiary/aromatic N) is 3. The number of likely N-dealkylation sites (tertiary alicyclic amines) is 1. The van der Waals surface area contributed by atoms with Crippen LogP contribution in [-0.2, 0) is 11.2 Å². The van der Waals surface area contributed by atoms with Gasteiger partial charge in [0.15, 0.2) is 4.34 Å². The van der Waals surface area contributed by atoms with Gasteiger partial charge in [-0.2, -0.15) is 0 Å². The minimum absolute atomic E-state index is 0.114. The fourth-order valence-corrected chi connectivity index (χ4v) is 5.54. The first-order chi connectivity index (χ1) is 13.2. The van der Waals surface area contributed by atoms with Crippen molar-refractivity contribution >= 4 is 34.1 Å². The summed E-state index contributed by atoms with van der Waals surface area (Å²) >= 11 is 3.08. The number of amides is 1. The molecule has 2 aliphatic rings. The summed E-state index contributed by atoms with van der Waals surface area (Å²) in [6.45, 7) is 3.72. The minimum Gasteiger partial charge on any atom is -0.357 e. The summed E-state index contributed by atoms with van der Waals surface area (Å²) in [6, 6.07) is 11.2. The predicted molar refractivity (Wildman–Crippen MR) is 111 cm³/mol. The topological polar surface area (TPSA) is 58.1 Å². The van der Waals surface area contributed by atoms with E-state index < -0.39 is 0 Å². The van der Waals surface area contributed by atoms with Gasteiger partial charge in [0.2, 0.25) is 11.0 Å². The Kier molecular flexibility index (Phi) is 5.98. The Balaban J connectivity index is 1.24. The second-order valence-electron chi connectivity index (χ2n) is 7.51. The van der Waals surface area contributed by atoms with Crippen molar-refractivity contribution in [1.82, 2.24) is 15.1 Å². The molecular weight excluding hydrogens is 376 g/mol. The summed E-state index contributed by atoms with van der Waals surface area (Å²) in [5.74, 6) is 0.906. The summed E-state index contributed by atoms with van der Waals surface area (Å²) < 4.78 is 0.873. The van der Waals surface area contributed by atoms with E-state index in [1.807, 2.05) is 11.8 Å². The van der Waals surface area contributed by atoms with Crippen LogP contribution in [0.3, 0.4) is 0 Å². The van der Waals surface area contributed by atoms with Gasteiger partial charge in [-0.25, -0.2) is 0 Å². The van der Waals surface area contributed by atoms with Gasteiger partial charge in [0.25, 0.3) is 0 Å². The maximum absolute atomic E-state index is 12.8. The molecule has 27 heavy (non-hydrogen) atoms. The first kappa shape index (κ1) is 18.7. The molecule has 4 rings (SSSR count). The van der Waals surface area contributed by atoms with Crippen molar-refractivity contribution in [1.29, 1.82) is 0 Å². The van der Waals surface area contributed by atoms with Crippen LogP contribution < -0.4 is 5.32 Å². The van der Waals surface area contributed by atoms with Crippen molar-refractivity contribution in [3.63, 3.8) is 0 Å². The van der Waals surface area contributed by atoms with Gasteiger partial charge in [0, 0.05) is 19.1 Å². The molecule has 2 fully saturated rings. The second-order valence-corrected chi connectivity index (χ2v) is 10.1. The molecule has 1 aromatic carbocycles. The highest BCUT2D eigenvalue weighted by molar-refractivity contribution is 8.02. The van der Waals surface area contributed by atoms with Crippen LogP contribution >= 0.6 is 23.1 Å². The lowest BCUT2D eigenvalue weighted by atomic mass is 9.90. The van der Waals surface area contributed by atoms with Gasteiger partial charge in [-0.05, 0) is 50.5 Å². The third kappa shape index (κ3) is 5.23. The highest BCUT2D eigenvalue weighted by Gasteiger charge is 2.28. The predicted octanol–water partition coefficient (Wildman–Crippen LogP) is 4.07. The van der Waals surface area contributed by atoms with Crippen LogP contribution in [0.2, 0.25) is 0 Å². The van der Waals surface area contributed by atoms with Crippen LogP contribution in [0.4, 0.5) is 5.13 Å². The van der Waals surface area contributed by atoms with Gasteiger partial charge < -0.3 is 10.2 Å². The molecule has 144 valence electrons. The summed E-state index contributed by atoms with van der Waals surface area (Å²) in [4.78, 5) is 14.8. The Morgan fingerprint density at radius 3 is 2.67 bits per heavy atom. The molecule has 1 aliphatic heterocycles. The number of nitrogens with one attached hydrogen (secondary N) is 1. The summed E-state index contributed by atoms with van der Waals surface area (Å²) in [7, 11) is 0. The zero-order valence-corrected chi connectivity index (χ0v) is 17.3. The van der Waals surface area contributed by atoms with E-state index in [1.54, 1.807) is 11.3 Å². The lowest BCUT2D eigenvalue weighted by Gasteiger charge is -2.33. The van der Waals surface area contributed by atoms with Gasteiger partial charge >= 0.3 is 0 Å². The zero-order chi connectivity index (χ0) is 18.6. The number of piperidine rings is 1. The number of hydrogen-bond acceptors (Lipinski definition) is 6. The molecule has 1 aliphatic carbocycles. The smallest absolute Gasteiger partial charge is 0.235 e. The van der Waals surface area contributed by atoms with Crippen molar-refractivity contribution in [3.8, 4) is 0 Å². The van der Waals surface area contributed by atoms with E-state index in [-0.39, 0.29) is 11.2 Å². The number of rotatable bonds is 7. The average molecular weight is 403 g/mol. The van der Waals surface area contributed by atoms with Crippen LogP contribution in [-0.4, -0.2) is 45.4 Å². The average Bonchev–Trinajstić information content (AvgIpc) is 3.40. The Labute approximate surface area is 168 Å². The van der Waals surface area contributed by atoms with Crippen LogP contribution in [0.1, 0.15) is 38.2 Å². The number of thioether (sulfide) groups is 1. The number of aromatic nitrogens is 2. The fraction of sp³-hybridized carbons (Fsp3) is 0.550. The second kappa shape index (κ2) is 8.61. The number of benzene rings is 1. The molecule has 7 heteroatoms. The van der Waals surface area contributed by atoms with Gasteiger partial charge in [-0.3, -0.25) is 4.79 Å². The van der Waals surface area contributed by atoms with Crippen molar-refractivity contribution in [3.05, 3.63) is 35.9 Å². The highest BCUT2D eigenvalue weighted by Crippen LogP contribution is 2.33. The van der Waals surface area contributed by atoms with Gasteiger partial charge in [0.1, 0.15) is 0 Å². The summed E-state index contributed by atoms with van der Waals surface area (Å²) in [6.07, 6.45) is 5.74. The van der Waals surface area contributed by atoms with E-state index in [1.165, 1.54) is 30.2 Å². The monoisotopic (exact) mass is 402 g/mol. The molecule has 2 heterocycles. The molecule has 1 atom stereocenters. The molecule has 5 nitrogen and oxygen atoms in total. The summed E-state index contributed by atoms with van der Waals surface area (Å²) in [5, 5.41) is 12.5. The molecule has 1 aromatic heterocycles. The molecule has 1 unspecified atom stereocenters. The molecule has 0 bridgehead atoms. The summed E-state index contributed by atoms with van der Waals surface area (Å²) in [5.41, 5.74) is 1.40. The Morgan fingerprint density at radius 2 is 1.96 bits per heavy atom. The molecule has 1 N–H and O–H groups in total. The number of carbonyl (C=O) groups is 1. The van der Waals surface area contributed by atoms with Crippen molar-refractivity contribution < 1.29 is 4.79 Å². The van der Waals surface area contributed by atoms with E-state index >= 15 is 0 Å². The largest absolute Gasteiger partial charge is 0.357 e. The number of hydrogen-bond donors (Lipinski definition) is 1. The number of carbonyl (C=O) groups excluding carboxylic acids is 1. The molecule has 0 radical (unpaired) electrons. The zero-order valence-electron chi connectivity index (χ0n) is 15.6. The Hall–Kier alpha value is -1.60. The lowest BCUT2D eigenvalue weighted by molar-refractivity contribution is -0.131. The van der Waals surface area contributed by atoms with Crippen LogP contribution in [0, 0.1) is 5.92 Å². The van der Waals surface area contributed by atoms with E-state index in [9.17, 15) is 4.79 Å². The van der Waals surface area contributed by atoms with Crippen molar-refractivity contribution in [2.75, 3.05) is 18.4 Å². The third-order valence-corrected chi connectivity index (χ3v) is 7.26. The molecule has 1 amide bonds. The molecule has 1 saturated heterocycles. The van der Waals surface area contributed by atoms with Crippen molar-refractivity contribution in [2.45, 2.75) is 54.7 Å². The van der Waals surface area contributed by atoms with E-state index in [2.05, 4.69) is 45.8 Å². The Bertz CT molecular complexity index is 754. The first-order valence-corrected chi connectivity index (χ1v) is 11.5. The van der Waals surface area contributed by atoms with E-state index in [0.29, 0.717) is 12.0 Å². The normalized spacial score (nSPS) is 19.1. The maximum atomic E-state index is 12.8. The van der Waals surface area contributed by atoms with E-state index in [4.69, 9.17) is 0 Å². The Morgan fingerprint density at radius 1 is 1.22 bits per heavy atom.